The molecule has 4 unspecified atom stereocenters. The van der Waals surface area contributed by atoms with Crippen molar-refractivity contribution in [3.8, 4) is 0 Å². The molecule has 0 bridgehead atoms. The van der Waals surface area contributed by atoms with E-state index in [0.717, 1.165) is 0 Å². The van der Waals surface area contributed by atoms with Crippen LogP contribution in [0.4, 0.5) is 0 Å². The van der Waals surface area contributed by atoms with Crippen molar-refractivity contribution in [3.05, 3.63) is 71.8 Å². The fourth-order valence-electron chi connectivity index (χ4n) is 2.62. The van der Waals surface area contributed by atoms with Crippen molar-refractivity contribution in [2.45, 2.75) is 37.8 Å². The Morgan fingerprint density at radius 2 is 0.900 bits per heavy atom. The van der Waals surface area contributed by atoms with Gasteiger partial charge in [-0.1, -0.05) is 74.5 Å². The molecule has 4 N–H and O–H groups in total. The highest BCUT2D eigenvalue weighted by Crippen LogP contribution is 2.26. The summed E-state index contributed by atoms with van der Waals surface area (Å²) in [6.45, 7) is 4.30. The maximum atomic E-state index is 6.41. The Hall–Kier alpha value is -1.64. The second-order valence-corrected chi connectivity index (χ2v) is 5.55. The van der Waals surface area contributed by atoms with Crippen molar-refractivity contribution >= 4 is 0 Å². The summed E-state index contributed by atoms with van der Waals surface area (Å²) in [7, 11) is 0. The molecule has 0 aliphatic carbocycles. The third-order valence-electron chi connectivity index (χ3n) is 4.25. The van der Waals surface area contributed by atoms with Gasteiger partial charge in [0.05, 0.1) is 0 Å². The van der Waals surface area contributed by atoms with Crippen LogP contribution in [0, 0.1) is 0 Å². The van der Waals surface area contributed by atoms with Crippen LogP contribution in [0.15, 0.2) is 60.7 Å². The molecule has 106 valence electrons. The van der Waals surface area contributed by atoms with Gasteiger partial charge in [-0.15, -0.1) is 0 Å². The fraction of sp³-hybridized carbons (Fsp3) is 0.333. The first-order valence-corrected chi connectivity index (χ1v) is 7.22. The molecule has 0 aliphatic rings. The van der Waals surface area contributed by atoms with Crippen LogP contribution in [0.3, 0.4) is 0 Å². The maximum Gasteiger partial charge on any atom is 0.0265 e. The molecule has 0 radical (unpaired) electrons. The predicted molar refractivity (Wildman–Crippen MR) is 85.7 cm³/mol. The molecule has 0 spiro atoms. The van der Waals surface area contributed by atoms with E-state index in [1.165, 1.54) is 11.1 Å². The van der Waals surface area contributed by atoms with Crippen LogP contribution in [0.5, 0.6) is 0 Å². The molecule has 0 fully saturated rings. The number of benzene rings is 2. The Morgan fingerprint density at radius 1 is 0.600 bits per heavy atom. The van der Waals surface area contributed by atoms with Gasteiger partial charge in [0.15, 0.2) is 0 Å². The first kappa shape index (κ1) is 14.8. The van der Waals surface area contributed by atoms with Crippen LogP contribution in [-0.2, 0) is 0 Å². The van der Waals surface area contributed by atoms with Gasteiger partial charge in [0, 0.05) is 12.1 Å². The predicted octanol–water partition coefficient (Wildman–Crippen LogP) is 3.25. The third-order valence-corrected chi connectivity index (χ3v) is 4.25. The zero-order chi connectivity index (χ0) is 14.5. The number of hydrogen-bond acceptors (Lipinski definition) is 2. The third kappa shape index (κ3) is 3.27. The quantitative estimate of drug-likeness (QED) is 0.874. The molecule has 2 aromatic rings. The van der Waals surface area contributed by atoms with Crippen LogP contribution >= 0.6 is 0 Å². The van der Waals surface area contributed by atoms with Crippen molar-refractivity contribution in [1.82, 2.24) is 0 Å². The second-order valence-electron chi connectivity index (χ2n) is 5.55. The van der Waals surface area contributed by atoms with Gasteiger partial charge in [-0.05, 0) is 23.0 Å². The summed E-state index contributed by atoms with van der Waals surface area (Å²) in [6.07, 6.45) is 0. The summed E-state index contributed by atoms with van der Waals surface area (Å²) in [5, 5.41) is 0. The maximum absolute atomic E-state index is 6.41. The van der Waals surface area contributed by atoms with Crippen LogP contribution in [0.2, 0.25) is 0 Å². The van der Waals surface area contributed by atoms with Crippen molar-refractivity contribution < 1.29 is 0 Å². The van der Waals surface area contributed by atoms with Crippen molar-refractivity contribution in [2.24, 2.45) is 11.5 Å². The van der Waals surface area contributed by atoms with E-state index in [2.05, 4.69) is 38.1 Å². The van der Waals surface area contributed by atoms with Crippen LogP contribution in [-0.4, -0.2) is 12.1 Å². The molecule has 2 nitrogen and oxygen atoms in total. The number of hydrogen-bond donors (Lipinski definition) is 2. The Labute approximate surface area is 121 Å². The molecular formula is C18H24N2. The van der Waals surface area contributed by atoms with Crippen LogP contribution in [0.1, 0.15) is 36.8 Å². The summed E-state index contributed by atoms with van der Waals surface area (Å²) in [6, 6.07) is 20.6. The summed E-state index contributed by atoms with van der Waals surface area (Å²) < 4.78 is 0. The Balaban J connectivity index is 2.10. The van der Waals surface area contributed by atoms with E-state index in [9.17, 15) is 0 Å². The van der Waals surface area contributed by atoms with Gasteiger partial charge < -0.3 is 11.5 Å². The highest BCUT2D eigenvalue weighted by atomic mass is 14.8. The molecule has 0 aromatic heterocycles. The Kier molecular flexibility index (Phi) is 4.94. The summed E-state index contributed by atoms with van der Waals surface area (Å²) >= 11 is 0. The fourth-order valence-corrected chi connectivity index (χ4v) is 2.62. The molecule has 0 saturated heterocycles. The van der Waals surface area contributed by atoms with Gasteiger partial charge >= 0.3 is 0 Å². The molecule has 20 heavy (non-hydrogen) atoms. The molecule has 0 heterocycles. The van der Waals surface area contributed by atoms with Gasteiger partial charge in [0.25, 0.3) is 0 Å². The van der Waals surface area contributed by atoms with Gasteiger partial charge in [0.2, 0.25) is 0 Å². The zero-order valence-corrected chi connectivity index (χ0v) is 12.2. The molecule has 0 amide bonds. The molecule has 2 heteroatoms. The standard InChI is InChI=1S/C18H24N2/c1-13(15-9-5-3-6-10-15)17(19)18(20)14(2)16-11-7-4-8-12-16/h3-14,17-18H,19-20H2,1-2H3. The van der Waals surface area contributed by atoms with E-state index in [-0.39, 0.29) is 23.9 Å². The minimum absolute atomic E-state index is 0.0624. The van der Waals surface area contributed by atoms with Crippen molar-refractivity contribution in [2.75, 3.05) is 0 Å². The highest BCUT2D eigenvalue weighted by molar-refractivity contribution is 5.24. The highest BCUT2D eigenvalue weighted by Gasteiger charge is 2.26. The summed E-state index contributed by atoms with van der Waals surface area (Å²) in [4.78, 5) is 0. The lowest BCUT2D eigenvalue weighted by atomic mass is 9.82. The van der Waals surface area contributed by atoms with Crippen LogP contribution in [0.25, 0.3) is 0 Å². The molecular weight excluding hydrogens is 244 g/mol. The average Bonchev–Trinajstić information content (AvgIpc) is 2.53. The minimum Gasteiger partial charge on any atom is -0.326 e. The number of rotatable bonds is 5. The molecule has 0 aliphatic heterocycles. The van der Waals surface area contributed by atoms with E-state index in [1.54, 1.807) is 0 Å². The molecule has 4 atom stereocenters. The monoisotopic (exact) mass is 268 g/mol. The topological polar surface area (TPSA) is 52.0 Å². The van der Waals surface area contributed by atoms with E-state index in [1.807, 2.05) is 36.4 Å². The SMILES string of the molecule is CC(c1ccccc1)C(N)C(N)C(C)c1ccccc1. The zero-order valence-electron chi connectivity index (χ0n) is 12.2. The first-order valence-electron chi connectivity index (χ1n) is 7.22. The first-order chi connectivity index (χ1) is 9.61. The summed E-state index contributed by atoms with van der Waals surface area (Å²) in [5.74, 6) is 0.495. The largest absolute Gasteiger partial charge is 0.326 e. The van der Waals surface area contributed by atoms with Gasteiger partial charge in [-0.25, -0.2) is 0 Å². The van der Waals surface area contributed by atoms with E-state index < -0.39 is 0 Å². The Morgan fingerprint density at radius 3 is 1.20 bits per heavy atom. The van der Waals surface area contributed by atoms with E-state index in [0.29, 0.717) is 0 Å². The lowest BCUT2D eigenvalue weighted by Gasteiger charge is -2.30. The van der Waals surface area contributed by atoms with Crippen molar-refractivity contribution in [3.63, 3.8) is 0 Å². The Bertz CT molecular complexity index is 460. The summed E-state index contributed by atoms with van der Waals surface area (Å²) in [5.41, 5.74) is 15.3. The molecule has 0 saturated carbocycles. The second kappa shape index (κ2) is 6.69. The normalized spacial score (nSPS) is 17.2. The average molecular weight is 268 g/mol. The van der Waals surface area contributed by atoms with Crippen molar-refractivity contribution in [1.29, 1.82) is 0 Å². The van der Waals surface area contributed by atoms with E-state index in [4.69, 9.17) is 11.5 Å². The molecule has 2 aromatic carbocycles. The van der Waals surface area contributed by atoms with Gasteiger partial charge in [-0.3, -0.25) is 0 Å². The lowest BCUT2D eigenvalue weighted by Crippen LogP contribution is -2.47. The lowest BCUT2D eigenvalue weighted by molar-refractivity contribution is 0.419. The molecule has 2 rings (SSSR count). The van der Waals surface area contributed by atoms with Gasteiger partial charge in [-0.2, -0.15) is 0 Å². The van der Waals surface area contributed by atoms with Gasteiger partial charge in [0.1, 0.15) is 0 Å². The van der Waals surface area contributed by atoms with E-state index >= 15 is 0 Å². The van der Waals surface area contributed by atoms with Crippen LogP contribution < -0.4 is 11.5 Å². The minimum atomic E-state index is -0.0624. The number of nitrogens with two attached hydrogens (primary N) is 2. The smallest absolute Gasteiger partial charge is 0.0265 e.